The highest BCUT2D eigenvalue weighted by Gasteiger charge is 1.94. The van der Waals surface area contributed by atoms with Gasteiger partial charge in [-0.3, -0.25) is 0 Å². The van der Waals surface area contributed by atoms with Crippen molar-refractivity contribution < 1.29 is 0 Å². The molecule has 4 N–H and O–H groups in total. The van der Waals surface area contributed by atoms with Crippen molar-refractivity contribution in [1.82, 2.24) is 5.32 Å². The average Bonchev–Trinajstić information content (AvgIpc) is 2.09. The third-order valence-electron chi connectivity index (χ3n) is 1.36. The van der Waals surface area contributed by atoms with Gasteiger partial charge < -0.3 is 16.4 Å². The zero-order chi connectivity index (χ0) is 9.68. The molecule has 0 saturated carbocycles. The lowest BCUT2D eigenvalue weighted by Crippen LogP contribution is -2.33. The Labute approximate surface area is 87.3 Å². The maximum Gasteiger partial charge on any atom is 0.171 e. The fourth-order valence-electron chi connectivity index (χ4n) is 0.801. The molecular formula is C8H10ClN3S. The standard InChI is InChI=1S/C8H10ClN3S/c9-6-1-3-7(4-2-6)12-8(13)11-5-10/h1-4H,5,10H2,(H2,11,12,13). The molecule has 3 nitrogen and oxygen atoms in total. The van der Waals surface area contributed by atoms with Crippen molar-refractivity contribution >= 4 is 34.6 Å². The van der Waals surface area contributed by atoms with E-state index >= 15 is 0 Å². The average molecular weight is 216 g/mol. The summed E-state index contributed by atoms with van der Waals surface area (Å²) in [4.78, 5) is 0. The second-order valence-electron chi connectivity index (χ2n) is 2.34. The Balaban J connectivity index is 2.54. The fourth-order valence-corrected chi connectivity index (χ4v) is 1.13. The van der Waals surface area contributed by atoms with Gasteiger partial charge in [0.2, 0.25) is 0 Å². The number of nitrogens with two attached hydrogens (primary N) is 1. The molecule has 0 saturated heterocycles. The molecule has 0 atom stereocenters. The number of hydrogen-bond donors (Lipinski definition) is 3. The van der Waals surface area contributed by atoms with Crippen LogP contribution in [0.15, 0.2) is 24.3 Å². The zero-order valence-corrected chi connectivity index (χ0v) is 8.45. The van der Waals surface area contributed by atoms with E-state index < -0.39 is 0 Å². The normalized spacial score (nSPS) is 9.38. The van der Waals surface area contributed by atoms with Crippen LogP contribution in [-0.4, -0.2) is 11.8 Å². The van der Waals surface area contributed by atoms with E-state index in [1.807, 2.05) is 12.1 Å². The van der Waals surface area contributed by atoms with E-state index in [0.717, 1.165) is 5.69 Å². The van der Waals surface area contributed by atoms with Crippen molar-refractivity contribution in [2.24, 2.45) is 5.73 Å². The Bertz CT molecular complexity index is 286. The number of halogens is 1. The summed E-state index contributed by atoms with van der Waals surface area (Å²) < 4.78 is 0. The molecule has 0 fully saturated rings. The Kier molecular flexibility index (Phi) is 3.95. The molecule has 5 heteroatoms. The molecule has 0 aromatic heterocycles. The lowest BCUT2D eigenvalue weighted by atomic mass is 10.3. The molecule has 0 aliphatic carbocycles. The lowest BCUT2D eigenvalue weighted by Gasteiger charge is -2.07. The first kappa shape index (κ1) is 10.2. The monoisotopic (exact) mass is 215 g/mol. The van der Waals surface area contributed by atoms with Gasteiger partial charge in [0.25, 0.3) is 0 Å². The largest absolute Gasteiger partial charge is 0.350 e. The van der Waals surface area contributed by atoms with Crippen molar-refractivity contribution in [3.8, 4) is 0 Å². The van der Waals surface area contributed by atoms with Gasteiger partial charge in [-0.1, -0.05) is 11.6 Å². The fraction of sp³-hybridized carbons (Fsp3) is 0.125. The SMILES string of the molecule is NCNC(=S)Nc1ccc(Cl)cc1. The molecule has 0 unspecified atom stereocenters. The maximum absolute atomic E-state index is 5.71. The quantitative estimate of drug-likeness (QED) is 0.518. The zero-order valence-electron chi connectivity index (χ0n) is 6.88. The molecule has 0 spiro atoms. The predicted octanol–water partition coefficient (Wildman–Crippen LogP) is 1.54. The first-order chi connectivity index (χ1) is 6.22. The van der Waals surface area contributed by atoms with Crippen LogP contribution in [0.25, 0.3) is 0 Å². The van der Waals surface area contributed by atoms with Gasteiger partial charge in [-0.25, -0.2) is 0 Å². The van der Waals surface area contributed by atoms with E-state index in [0.29, 0.717) is 16.8 Å². The highest BCUT2D eigenvalue weighted by atomic mass is 35.5. The Hall–Kier alpha value is -0.840. The minimum Gasteiger partial charge on any atom is -0.350 e. The lowest BCUT2D eigenvalue weighted by molar-refractivity contribution is 0.937. The molecule has 0 aliphatic rings. The van der Waals surface area contributed by atoms with E-state index in [4.69, 9.17) is 29.6 Å². The molecule has 1 aromatic carbocycles. The van der Waals surface area contributed by atoms with E-state index in [-0.39, 0.29) is 0 Å². The van der Waals surface area contributed by atoms with Crippen molar-refractivity contribution in [3.05, 3.63) is 29.3 Å². The van der Waals surface area contributed by atoms with Crippen LogP contribution in [0.5, 0.6) is 0 Å². The molecule has 1 aromatic rings. The summed E-state index contributed by atoms with van der Waals surface area (Å²) in [6.07, 6.45) is 0. The van der Waals surface area contributed by atoms with Crippen molar-refractivity contribution in [1.29, 1.82) is 0 Å². The number of nitrogens with one attached hydrogen (secondary N) is 2. The van der Waals surface area contributed by atoms with E-state index in [1.165, 1.54) is 0 Å². The van der Waals surface area contributed by atoms with E-state index in [2.05, 4.69) is 10.6 Å². The molecule has 13 heavy (non-hydrogen) atoms. The third kappa shape index (κ3) is 3.59. The summed E-state index contributed by atoms with van der Waals surface area (Å²) in [5, 5.41) is 6.93. The summed E-state index contributed by atoms with van der Waals surface area (Å²) in [6, 6.07) is 7.25. The van der Waals surface area contributed by atoms with Gasteiger partial charge in [0.05, 0.1) is 6.67 Å². The molecule has 1 rings (SSSR count). The van der Waals surface area contributed by atoms with Crippen molar-refractivity contribution in [2.45, 2.75) is 0 Å². The first-order valence-electron chi connectivity index (χ1n) is 3.73. The molecule has 70 valence electrons. The minimum atomic E-state index is 0.319. The highest BCUT2D eigenvalue weighted by molar-refractivity contribution is 7.80. The molecule has 0 bridgehead atoms. The van der Waals surface area contributed by atoms with Crippen LogP contribution in [-0.2, 0) is 0 Å². The van der Waals surface area contributed by atoms with E-state index in [1.54, 1.807) is 12.1 Å². The highest BCUT2D eigenvalue weighted by Crippen LogP contribution is 2.12. The molecule has 0 heterocycles. The second kappa shape index (κ2) is 5.01. The summed E-state index contributed by atoms with van der Waals surface area (Å²) in [5.74, 6) is 0. The van der Waals surface area contributed by atoms with E-state index in [9.17, 15) is 0 Å². The van der Waals surface area contributed by atoms with Crippen LogP contribution in [0, 0.1) is 0 Å². The third-order valence-corrected chi connectivity index (χ3v) is 1.86. The van der Waals surface area contributed by atoms with Crippen LogP contribution < -0.4 is 16.4 Å². The van der Waals surface area contributed by atoms with Gasteiger partial charge in [-0.05, 0) is 36.5 Å². The Morgan fingerprint density at radius 2 is 2.00 bits per heavy atom. The van der Waals surface area contributed by atoms with Gasteiger partial charge in [-0.2, -0.15) is 0 Å². The van der Waals surface area contributed by atoms with Crippen LogP contribution in [0.4, 0.5) is 5.69 Å². The van der Waals surface area contributed by atoms with Crippen LogP contribution in [0.3, 0.4) is 0 Å². The number of anilines is 1. The smallest absolute Gasteiger partial charge is 0.171 e. The molecular weight excluding hydrogens is 206 g/mol. The summed E-state index contributed by atoms with van der Waals surface area (Å²) in [6.45, 7) is 0.319. The Morgan fingerprint density at radius 3 is 2.54 bits per heavy atom. The number of rotatable bonds is 2. The first-order valence-corrected chi connectivity index (χ1v) is 4.51. The summed E-state index contributed by atoms with van der Waals surface area (Å²) >= 11 is 10.6. The van der Waals surface area contributed by atoms with Gasteiger partial charge >= 0.3 is 0 Å². The number of hydrogen-bond acceptors (Lipinski definition) is 2. The second-order valence-corrected chi connectivity index (χ2v) is 3.19. The number of thiocarbonyl (C=S) groups is 1. The topological polar surface area (TPSA) is 50.1 Å². The van der Waals surface area contributed by atoms with Crippen molar-refractivity contribution in [2.75, 3.05) is 12.0 Å². The van der Waals surface area contributed by atoms with Crippen molar-refractivity contribution in [3.63, 3.8) is 0 Å². The molecule has 0 amide bonds. The number of benzene rings is 1. The van der Waals surface area contributed by atoms with Gasteiger partial charge in [-0.15, -0.1) is 0 Å². The summed E-state index contributed by atoms with van der Waals surface area (Å²) in [5.41, 5.74) is 6.13. The molecule has 0 aliphatic heterocycles. The van der Waals surface area contributed by atoms with Gasteiger partial charge in [0.1, 0.15) is 0 Å². The molecule has 0 radical (unpaired) electrons. The van der Waals surface area contributed by atoms with Crippen LogP contribution >= 0.6 is 23.8 Å². The van der Waals surface area contributed by atoms with Gasteiger partial charge in [0, 0.05) is 10.7 Å². The van der Waals surface area contributed by atoms with Crippen LogP contribution in [0.1, 0.15) is 0 Å². The maximum atomic E-state index is 5.71. The predicted molar refractivity (Wildman–Crippen MR) is 59.9 cm³/mol. The summed E-state index contributed by atoms with van der Waals surface area (Å²) in [7, 11) is 0. The van der Waals surface area contributed by atoms with Crippen LogP contribution in [0.2, 0.25) is 5.02 Å². The Morgan fingerprint density at radius 1 is 1.38 bits per heavy atom. The van der Waals surface area contributed by atoms with Gasteiger partial charge in [0.15, 0.2) is 5.11 Å². The minimum absolute atomic E-state index is 0.319.